The summed E-state index contributed by atoms with van der Waals surface area (Å²) in [6, 6.07) is 10.6. The third-order valence-corrected chi connectivity index (χ3v) is 2.58. The van der Waals surface area contributed by atoms with Gasteiger partial charge in [-0.3, -0.25) is 0 Å². The van der Waals surface area contributed by atoms with Crippen LogP contribution in [-0.4, -0.2) is 18.3 Å². The van der Waals surface area contributed by atoms with Crippen LogP contribution in [0.5, 0.6) is 11.5 Å². The molecule has 3 nitrogen and oxygen atoms in total. The Hall–Kier alpha value is -2.14. The van der Waals surface area contributed by atoms with E-state index in [1.807, 2.05) is 0 Å². The molecule has 0 amide bonds. The summed E-state index contributed by atoms with van der Waals surface area (Å²) in [6.45, 7) is 0.153. The molecule has 0 heterocycles. The molecule has 106 valence electrons. The van der Waals surface area contributed by atoms with Crippen molar-refractivity contribution in [3.8, 4) is 11.5 Å². The highest BCUT2D eigenvalue weighted by molar-refractivity contribution is 5.39. The second kappa shape index (κ2) is 6.86. The standard InChI is InChI=1S/C15H14F2O3/c16-12-6-5-11(9-13(12)17)10-20-15-4-2-1-3-14(15)19-8-7-18/h1-6,9,18H,7-8,10H2. The smallest absolute Gasteiger partial charge is 0.161 e. The zero-order valence-corrected chi connectivity index (χ0v) is 10.7. The van der Waals surface area contributed by atoms with Gasteiger partial charge in [-0.15, -0.1) is 0 Å². The number of hydrogen-bond acceptors (Lipinski definition) is 3. The fraction of sp³-hybridized carbons (Fsp3) is 0.200. The van der Waals surface area contributed by atoms with Gasteiger partial charge < -0.3 is 14.6 Å². The second-order valence-corrected chi connectivity index (χ2v) is 4.06. The van der Waals surface area contributed by atoms with E-state index in [-0.39, 0.29) is 19.8 Å². The van der Waals surface area contributed by atoms with Gasteiger partial charge in [-0.25, -0.2) is 8.78 Å². The molecule has 0 saturated carbocycles. The highest BCUT2D eigenvalue weighted by atomic mass is 19.2. The maximum Gasteiger partial charge on any atom is 0.161 e. The minimum absolute atomic E-state index is 0.0939. The highest BCUT2D eigenvalue weighted by Crippen LogP contribution is 2.27. The molecule has 2 rings (SSSR count). The number of aliphatic hydroxyl groups excluding tert-OH is 1. The molecule has 5 heteroatoms. The van der Waals surface area contributed by atoms with Crippen molar-refractivity contribution < 1.29 is 23.4 Å². The van der Waals surface area contributed by atoms with Crippen LogP contribution in [0.25, 0.3) is 0 Å². The van der Waals surface area contributed by atoms with E-state index in [0.29, 0.717) is 17.1 Å². The van der Waals surface area contributed by atoms with Crippen LogP contribution in [0.4, 0.5) is 8.78 Å². The third-order valence-electron chi connectivity index (χ3n) is 2.58. The van der Waals surface area contributed by atoms with E-state index in [1.54, 1.807) is 24.3 Å². The van der Waals surface area contributed by atoms with E-state index < -0.39 is 11.6 Å². The lowest BCUT2D eigenvalue weighted by molar-refractivity contribution is 0.192. The predicted octanol–water partition coefficient (Wildman–Crippen LogP) is 2.91. The number of benzene rings is 2. The Morgan fingerprint density at radius 3 is 2.25 bits per heavy atom. The van der Waals surface area contributed by atoms with Crippen molar-refractivity contribution in [1.82, 2.24) is 0 Å². The molecule has 0 unspecified atom stereocenters. The molecular weight excluding hydrogens is 266 g/mol. The summed E-state index contributed by atoms with van der Waals surface area (Å²) >= 11 is 0. The Kier molecular flexibility index (Phi) is 4.90. The monoisotopic (exact) mass is 280 g/mol. The van der Waals surface area contributed by atoms with Crippen molar-refractivity contribution in [3.63, 3.8) is 0 Å². The van der Waals surface area contributed by atoms with Crippen LogP contribution in [-0.2, 0) is 6.61 Å². The van der Waals surface area contributed by atoms with E-state index in [4.69, 9.17) is 14.6 Å². The van der Waals surface area contributed by atoms with Crippen molar-refractivity contribution in [2.75, 3.05) is 13.2 Å². The number of aliphatic hydroxyl groups is 1. The molecule has 2 aromatic carbocycles. The molecule has 0 radical (unpaired) electrons. The van der Waals surface area contributed by atoms with Gasteiger partial charge in [-0.2, -0.15) is 0 Å². The Morgan fingerprint density at radius 2 is 1.60 bits per heavy atom. The van der Waals surface area contributed by atoms with Gasteiger partial charge in [0.15, 0.2) is 23.1 Å². The number of hydrogen-bond donors (Lipinski definition) is 1. The average Bonchev–Trinajstić information content (AvgIpc) is 2.47. The lowest BCUT2D eigenvalue weighted by Crippen LogP contribution is -2.04. The van der Waals surface area contributed by atoms with Gasteiger partial charge in [0.1, 0.15) is 13.2 Å². The lowest BCUT2D eigenvalue weighted by atomic mass is 10.2. The van der Waals surface area contributed by atoms with E-state index in [1.165, 1.54) is 6.07 Å². The Labute approximate surface area is 115 Å². The van der Waals surface area contributed by atoms with E-state index in [2.05, 4.69) is 0 Å². The van der Waals surface area contributed by atoms with Crippen LogP contribution < -0.4 is 9.47 Å². The number of halogens is 2. The van der Waals surface area contributed by atoms with Crippen molar-refractivity contribution in [2.45, 2.75) is 6.61 Å². The summed E-state index contributed by atoms with van der Waals surface area (Å²) in [4.78, 5) is 0. The highest BCUT2D eigenvalue weighted by Gasteiger charge is 2.06. The molecule has 20 heavy (non-hydrogen) atoms. The van der Waals surface area contributed by atoms with Crippen LogP contribution in [0, 0.1) is 11.6 Å². The summed E-state index contributed by atoms with van der Waals surface area (Å²) < 4.78 is 36.7. The van der Waals surface area contributed by atoms with Gasteiger partial charge in [-0.05, 0) is 29.8 Å². The first-order valence-electron chi connectivity index (χ1n) is 6.10. The van der Waals surface area contributed by atoms with Crippen molar-refractivity contribution in [3.05, 3.63) is 59.7 Å². The third kappa shape index (κ3) is 3.68. The van der Waals surface area contributed by atoms with Crippen LogP contribution in [0.2, 0.25) is 0 Å². The van der Waals surface area contributed by atoms with E-state index >= 15 is 0 Å². The van der Waals surface area contributed by atoms with Gasteiger partial charge in [0, 0.05) is 0 Å². The predicted molar refractivity (Wildman–Crippen MR) is 69.7 cm³/mol. The van der Waals surface area contributed by atoms with Gasteiger partial charge in [0.05, 0.1) is 6.61 Å². The molecule has 0 saturated heterocycles. The first kappa shape index (κ1) is 14.3. The van der Waals surface area contributed by atoms with Gasteiger partial charge in [0.2, 0.25) is 0 Å². The van der Waals surface area contributed by atoms with E-state index in [9.17, 15) is 8.78 Å². The topological polar surface area (TPSA) is 38.7 Å². The van der Waals surface area contributed by atoms with Gasteiger partial charge in [0.25, 0.3) is 0 Å². The first-order chi connectivity index (χ1) is 9.70. The summed E-state index contributed by atoms with van der Waals surface area (Å²) in [5.74, 6) is -0.828. The van der Waals surface area contributed by atoms with E-state index in [0.717, 1.165) is 12.1 Å². The van der Waals surface area contributed by atoms with Crippen molar-refractivity contribution in [1.29, 1.82) is 0 Å². The van der Waals surface area contributed by atoms with Gasteiger partial charge in [-0.1, -0.05) is 18.2 Å². The molecular formula is C15H14F2O3. The summed E-state index contributed by atoms with van der Waals surface area (Å²) in [6.07, 6.45) is 0. The van der Waals surface area contributed by atoms with Crippen molar-refractivity contribution in [2.24, 2.45) is 0 Å². The van der Waals surface area contributed by atoms with Crippen LogP contribution in [0.15, 0.2) is 42.5 Å². The largest absolute Gasteiger partial charge is 0.487 e. The van der Waals surface area contributed by atoms with Crippen molar-refractivity contribution >= 4 is 0 Å². The molecule has 0 fully saturated rings. The number of para-hydroxylation sites is 2. The normalized spacial score (nSPS) is 10.3. The zero-order valence-electron chi connectivity index (χ0n) is 10.7. The Bertz CT molecular complexity index is 573. The quantitative estimate of drug-likeness (QED) is 0.884. The maximum absolute atomic E-state index is 13.1. The van der Waals surface area contributed by atoms with Crippen LogP contribution >= 0.6 is 0 Å². The molecule has 1 N–H and O–H groups in total. The molecule has 0 bridgehead atoms. The summed E-state index contributed by atoms with van der Waals surface area (Å²) in [7, 11) is 0. The minimum Gasteiger partial charge on any atom is -0.487 e. The fourth-order valence-electron chi connectivity index (χ4n) is 1.63. The lowest BCUT2D eigenvalue weighted by Gasteiger charge is -2.12. The minimum atomic E-state index is -0.907. The Balaban J connectivity index is 2.04. The summed E-state index contributed by atoms with van der Waals surface area (Å²) in [5, 5.41) is 8.74. The molecule has 0 aliphatic carbocycles. The average molecular weight is 280 g/mol. The first-order valence-corrected chi connectivity index (χ1v) is 6.10. The molecule has 0 spiro atoms. The summed E-state index contributed by atoms with van der Waals surface area (Å²) in [5.41, 5.74) is 0.515. The SMILES string of the molecule is OCCOc1ccccc1OCc1ccc(F)c(F)c1. The second-order valence-electron chi connectivity index (χ2n) is 4.06. The van der Waals surface area contributed by atoms with Crippen LogP contribution in [0.3, 0.4) is 0 Å². The number of rotatable bonds is 6. The Morgan fingerprint density at radius 1 is 0.900 bits per heavy atom. The van der Waals surface area contributed by atoms with Gasteiger partial charge >= 0.3 is 0 Å². The number of ether oxygens (including phenoxy) is 2. The molecule has 0 atom stereocenters. The molecule has 0 aliphatic heterocycles. The zero-order chi connectivity index (χ0) is 14.4. The molecule has 0 aromatic heterocycles. The molecule has 2 aromatic rings. The van der Waals surface area contributed by atoms with Crippen LogP contribution in [0.1, 0.15) is 5.56 Å². The maximum atomic E-state index is 13.1. The molecule has 0 aliphatic rings. The fourth-order valence-corrected chi connectivity index (χ4v) is 1.63.